The maximum atomic E-state index is 12.9. The average molecular weight is 493 g/mol. The number of benzene rings is 2. The van der Waals surface area contributed by atoms with E-state index in [2.05, 4.69) is 5.32 Å². The summed E-state index contributed by atoms with van der Waals surface area (Å²) in [5.74, 6) is -1.10. The number of methoxy groups -OCH3 is 1. The molecule has 0 spiro atoms. The number of piperidine rings is 1. The van der Waals surface area contributed by atoms with Gasteiger partial charge in [-0.15, -0.1) is 11.3 Å². The van der Waals surface area contributed by atoms with Crippen LogP contribution in [-0.4, -0.2) is 44.8 Å². The summed E-state index contributed by atoms with van der Waals surface area (Å²) >= 11 is 7.17. The lowest BCUT2D eigenvalue weighted by Crippen LogP contribution is -2.41. The molecule has 1 aliphatic heterocycles. The van der Waals surface area contributed by atoms with Crippen LogP contribution in [-0.2, 0) is 19.6 Å². The van der Waals surface area contributed by atoms with Crippen LogP contribution in [0.25, 0.3) is 10.1 Å². The molecule has 4 rings (SSSR count). The van der Waals surface area contributed by atoms with Gasteiger partial charge >= 0.3 is 5.97 Å². The van der Waals surface area contributed by atoms with E-state index in [4.69, 9.17) is 16.3 Å². The van der Waals surface area contributed by atoms with Crippen LogP contribution in [0.3, 0.4) is 0 Å². The Hall–Kier alpha value is -2.46. The summed E-state index contributed by atoms with van der Waals surface area (Å²) in [6.07, 6.45) is 0.772. The number of rotatable bonds is 5. The minimum Gasteiger partial charge on any atom is -0.465 e. The maximum Gasteiger partial charge on any atom is 0.341 e. The van der Waals surface area contributed by atoms with Gasteiger partial charge in [0, 0.05) is 34.1 Å². The average Bonchev–Trinajstić information content (AvgIpc) is 3.16. The highest BCUT2D eigenvalue weighted by molar-refractivity contribution is 7.89. The van der Waals surface area contributed by atoms with Crippen molar-refractivity contribution in [3.8, 4) is 0 Å². The molecule has 0 unspecified atom stereocenters. The van der Waals surface area contributed by atoms with E-state index in [0.717, 1.165) is 10.1 Å². The van der Waals surface area contributed by atoms with E-state index in [1.807, 2.05) is 24.3 Å². The molecule has 1 saturated heterocycles. The minimum absolute atomic E-state index is 0.179. The number of halogens is 1. The van der Waals surface area contributed by atoms with Gasteiger partial charge in [-0.05, 0) is 43.2 Å². The van der Waals surface area contributed by atoms with Gasteiger partial charge in [0.05, 0.1) is 12.0 Å². The Morgan fingerprint density at radius 3 is 2.41 bits per heavy atom. The molecule has 3 aromatic rings. The second kappa shape index (κ2) is 9.19. The molecule has 1 aromatic heterocycles. The van der Waals surface area contributed by atoms with Gasteiger partial charge in [0.1, 0.15) is 10.6 Å². The molecule has 0 atom stereocenters. The van der Waals surface area contributed by atoms with Gasteiger partial charge in [0.15, 0.2) is 0 Å². The number of ether oxygens (including phenoxy) is 1. The third-order valence-corrected chi connectivity index (χ3v) is 8.75. The Labute approximate surface area is 195 Å². The standard InChI is InChI=1S/C22H21ClN2O5S2/c1-30-22(27)19-17-4-2-3-5-18(17)31-21(19)24-20(26)14-10-12-25(13-11-14)32(28,29)16-8-6-15(23)7-9-16/h2-9,14H,10-13H2,1H3,(H,24,26). The van der Waals surface area contributed by atoms with Gasteiger partial charge in [-0.3, -0.25) is 4.79 Å². The van der Waals surface area contributed by atoms with Crippen LogP contribution >= 0.6 is 22.9 Å². The molecule has 1 fully saturated rings. The fourth-order valence-corrected chi connectivity index (χ4v) is 6.46. The van der Waals surface area contributed by atoms with Crippen molar-refractivity contribution < 1.29 is 22.7 Å². The Bertz CT molecular complexity index is 1260. The number of carbonyl (C=O) groups excluding carboxylic acids is 2. The number of sulfonamides is 1. The normalized spacial score (nSPS) is 15.6. The fraction of sp³-hybridized carbons (Fsp3) is 0.273. The van der Waals surface area contributed by atoms with Crippen LogP contribution in [0.5, 0.6) is 0 Å². The first kappa shape index (κ1) is 22.7. The van der Waals surface area contributed by atoms with Crippen molar-refractivity contribution in [1.29, 1.82) is 0 Å². The summed E-state index contributed by atoms with van der Waals surface area (Å²) in [5, 5.41) is 4.51. The molecule has 0 saturated carbocycles. The van der Waals surface area contributed by atoms with Gasteiger partial charge in [-0.2, -0.15) is 4.31 Å². The molecular weight excluding hydrogens is 472 g/mol. The molecule has 10 heteroatoms. The number of carbonyl (C=O) groups is 2. The van der Waals surface area contributed by atoms with Crippen molar-refractivity contribution in [2.24, 2.45) is 5.92 Å². The molecule has 0 aliphatic carbocycles. The number of esters is 1. The molecule has 1 aliphatic rings. The van der Waals surface area contributed by atoms with Crippen LogP contribution in [0.15, 0.2) is 53.4 Å². The maximum absolute atomic E-state index is 12.9. The third kappa shape index (κ3) is 4.38. The Morgan fingerprint density at radius 2 is 1.75 bits per heavy atom. The largest absolute Gasteiger partial charge is 0.465 e. The summed E-state index contributed by atoms with van der Waals surface area (Å²) in [4.78, 5) is 25.4. The summed E-state index contributed by atoms with van der Waals surface area (Å²) < 4.78 is 32.9. The zero-order valence-corrected chi connectivity index (χ0v) is 19.6. The van der Waals surface area contributed by atoms with E-state index < -0.39 is 16.0 Å². The molecule has 168 valence electrons. The number of amides is 1. The van der Waals surface area contributed by atoms with Crippen LogP contribution in [0.4, 0.5) is 5.00 Å². The van der Waals surface area contributed by atoms with Gasteiger partial charge < -0.3 is 10.1 Å². The first-order chi connectivity index (χ1) is 15.3. The van der Waals surface area contributed by atoms with E-state index in [0.29, 0.717) is 28.4 Å². The number of fused-ring (bicyclic) bond motifs is 1. The number of nitrogens with zero attached hydrogens (tertiary/aromatic N) is 1. The molecule has 0 bridgehead atoms. The highest BCUT2D eigenvalue weighted by Gasteiger charge is 2.33. The molecule has 1 amide bonds. The van der Waals surface area contributed by atoms with Gasteiger partial charge in [-0.1, -0.05) is 29.8 Å². The van der Waals surface area contributed by atoms with Crippen LogP contribution in [0.1, 0.15) is 23.2 Å². The summed E-state index contributed by atoms with van der Waals surface area (Å²) in [7, 11) is -2.34. The smallest absolute Gasteiger partial charge is 0.341 e. The quantitative estimate of drug-likeness (QED) is 0.533. The molecule has 0 radical (unpaired) electrons. The van der Waals surface area contributed by atoms with E-state index >= 15 is 0 Å². The monoisotopic (exact) mass is 492 g/mol. The Kier molecular flexibility index (Phi) is 6.52. The number of hydrogen-bond donors (Lipinski definition) is 1. The van der Waals surface area contributed by atoms with Crippen molar-refractivity contribution in [2.45, 2.75) is 17.7 Å². The predicted molar refractivity (Wildman–Crippen MR) is 125 cm³/mol. The topological polar surface area (TPSA) is 92.8 Å². The van der Waals surface area contributed by atoms with E-state index in [1.54, 1.807) is 12.1 Å². The van der Waals surface area contributed by atoms with Crippen molar-refractivity contribution in [1.82, 2.24) is 4.31 Å². The SMILES string of the molecule is COC(=O)c1c(NC(=O)C2CCN(S(=O)(=O)c3ccc(Cl)cc3)CC2)sc2ccccc12. The summed E-state index contributed by atoms with van der Waals surface area (Å²) in [6.45, 7) is 0.471. The molecular formula is C22H21ClN2O5S2. The summed E-state index contributed by atoms with van der Waals surface area (Å²) in [5.41, 5.74) is 0.337. The first-order valence-electron chi connectivity index (χ1n) is 9.97. The molecule has 1 N–H and O–H groups in total. The highest BCUT2D eigenvalue weighted by atomic mass is 35.5. The first-order valence-corrected chi connectivity index (χ1v) is 12.6. The van der Waals surface area contributed by atoms with Crippen LogP contribution < -0.4 is 5.32 Å². The highest BCUT2D eigenvalue weighted by Crippen LogP contribution is 2.37. The lowest BCUT2D eigenvalue weighted by Gasteiger charge is -2.30. The van der Waals surface area contributed by atoms with Crippen molar-refractivity contribution >= 4 is 59.9 Å². The van der Waals surface area contributed by atoms with Crippen molar-refractivity contribution in [2.75, 3.05) is 25.5 Å². The van der Waals surface area contributed by atoms with Gasteiger partial charge in [0.25, 0.3) is 0 Å². The lowest BCUT2D eigenvalue weighted by molar-refractivity contribution is -0.120. The fourth-order valence-electron chi connectivity index (χ4n) is 3.77. The zero-order chi connectivity index (χ0) is 22.9. The lowest BCUT2D eigenvalue weighted by atomic mass is 9.97. The zero-order valence-electron chi connectivity index (χ0n) is 17.2. The minimum atomic E-state index is -3.64. The van der Waals surface area contributed by atoms with Crippen LogP contribution in [0, 0.1) is 5.92 Å². The third-order valence-electron chi connectivity index (χ3n) is 5.50. The van der Waals surface area contributed by atoms with E-state index in [9.17, 15) is 18.0 Å². The molecule has 2 heterocycles. The number of thiophene rings is 1. The van der Waals surface area contributed by atoms with Crippen molar-refractivity contribution in [3.63, 3.8) is 0 Å². The van der Waals surface area contributed by atoms with Crippen LogP contribution in [0.2, 0.25) is 5.02 Å². The molecule has 2 aromatic carbocycles. The second-order valence-corrected chi connectivity index (χ2v) is 10.8. The number of anilines is 1. The number of nitrogens with one attached hydrogen (secondary N) is 1. The van der Waals surface area contributed by atoms with Gasteiger partial charge in [0.2, 0.25) is 15.9 Å². The van der Waals surface area contributed by atoms with Crippen molar-refractivity contribution in [3.05, 3.63) is 59.1 Å². The molecule has 7 nitrogen and oxygen atoms in total. The molecule has 32 heavy (non-hydrogen) atoms. The van der Waals surface area contributed by atoms with E-state index in [1.165, 1.54) is 34.9 Å². The number of hydrogen-bond acceptors (Lipinski definition) is 6. The Morgan fingerprint density at radius 1 is 1.09 bits per heavy atom. The van der Waals surface area contributed by atoms with E-state index in [-0.39, 0.29) is 29.8 Å². The second-order valence-electron chi connectivity index (χ2n) is 7.42. The van der Waals surface area contributed by atoms with Gasteiger partial charge in [-0.25, -0.2) is 13.2 Å². The predicted octanol–water partition coefficient (Wildman–Crippen LogP) is 4.38. The summed E-state index contributed by atoms with van der Waals surface area (Å²) in [6, 6.07) is 13.4. The Balaban J connectivity index is 1.47.